The van der Waals surface area contributed by atoms with Gasteiger partial charge in [-0.05, 0) is 54.5 Å². The third-order valence-electron chi connectivity index (χ3n) is 4.78. The van der Waals surface area contributed by atoms with Gasteiger partial charge in [0.25, 0.3) is 5.91 Å². The molecule has 4 rings (SSSR count). The van der Waals surface area contributed by atoms with E-state index in [2.05, 4.69) is 37.2 Å². The van der Waals surface area contributed by atoms with Crippen molar-refractivity contribution in [3.63, 3.8) is 0 Å². The van der Waals surface area contributed by atoms with Crippen molar-refractivity contribution >= 4 is 71.1 Å². The second-order valence-corrected chi connectivity index (χ2v) is 11.9. The molecule has 1 aliphatic rings. The van der Waals surface area contributed by atoms with E-state index in [1.165, 1.54) is 17.8 Å². The third kappa shape index (κ3) is 4.98. The molecule has 0 aliphatic carbocycles. The van der Waals surface area contributed by atoms with Crippen molar-refractivity contribution in [3.05, 3.63) is 91.2 Å². The fraction of sp³-hybridized carbons (Fsp3) is 0.0870. The Kier molecular flexibility index (Phi) is 6.44. The Labute approximate surface area is 202 Å². The summed E-state index contributed by atoms with van der Waals surface area (Å²) in [4.78, 5) is 13.9. The minimum atomic E-state index is -3.59. The number of aryl methyl sites for hydroxylation is 1. The summed E-state index contributed by atoms with van der Waals surface area (Å²) < 4.78 is 27.7. The standard InChI is InChI=1S/C23H17Br2NO3S2/c1-14-5-7-15(8-6-14)11-22-23(27)26-20-10-9-16(12-21(20)30-22)31(28,29)13-17-18(24)3-2-4-19(17)25/h2-12H,13H2,1H3,(H,26,27)/b22-11-. The van der Waals surface area contributed by atoms with Gasteiger partial charge in [-0.25, -0.2) is 8.42 Å². The van der Waals surface area contributed by atoms with Crippen LogP contribution in [0.1, 0.15) is 16.7 Å². The minimum absolute atomic E-state index is 0.142. The van der Waals surface area contributed by atoms with Crippen LogP contribution in [0.3, 0.4) is 0 Å². The molecule has 8 heteroatoms. The molecule has 0 aromatic heterocycles. The first-order chi connectivity index (χ1) is 14.7. The van der Waals surface area contributed by atoms with E-state index in [4.69, 9.17) is 0 Å². The van der Waals surface area contributed by atoms with E-state index < -0.39 is 9.84 Å². The van der Waals surface area contributed by atoms with Gasteiger partial charge < -0.3 is 5.32 Å². The number of fused-ring (bicyclic) bond motifs is 1. The Bertz CT molecular complexity index is 1300. The van der Waals surface area contributed by atoms with E-state index in [1.807, 2.05) is 55.5 Å². The molecule has 1 heterocycles. The molecule has 158 valence electrons. The summed E-state index contributed by atoms with van der Waals surface area (Å²) >= 11 is 8.13. The maximum absolute atomic E-state index is 13.1. The molecule has 0 spiro atoms. The Morgan fingerprint density at radius 2 is 1.68 bits per heavy atom. The zero-order valence-electron chi connectivity index (χ0n) is 16.4. The summed E-state index contributed by atoms with van der Waals surface area (Å²) in [6, 6.07) is 18.1. The molecule has 0 radical (unpaired) electrons. The van der Waals surface area contributed by atoms with E-state index in [0.717, 1.165) is 20.1 Å². The number of hydrogen-bond acceptors (Lipinski definition) is 4. The largest absolute Gasteiger partial charge is 0.320 e. The Hall–Kier alpha value is -1.87. The summed E-state index contributed by atoms with van der Waals surface area (Å²) in [5, 5.41) is 2.85. The van der Waals surface area contributed by atoms with E-state index in [9.17, 15) is 13.2 Å². The first-order valence-electron chi connectivity index (χ1n) is 9.30. The average Bonchev–Trinajstić information content (AvgIpc) is 2.73. The Balaban J connectivity index is 1.65. The van der Waals surface area contributed by atoms with E-state index in [0.29, 0.717) is 21.1 Å². The molecular formula is C23H17Br2NO3S2. The molecular weight excluding hydrogens is 562 g/mol. The number of anilines is 1. The van der Waals surface area contributed by atoms with Gasteiger partial charge in [0.05, 0.1) is 21.2 Å². The van der Waals surface area contributed by atoms with Crippen molar-refractivity contribution in [2.24, 2.45) is 0 Å². The van der Waals surface area contributed by atoms with Gasteiger partial charge in [0, 0.05) is 13.8 Å². The quantitative estimate of drug-likeness (QED) is 0.355. The number of rotatable bonds is 4. The van der Waals surface area contributed by atoms with Crippen molar-refractivity contribution in [1.29, 1.82) is 0 Å². The van der Waals surface area contributed by atoms with Crippen LogP contribution >= 0.6 is 43.6 Å². The molecule has 1 aliphatic heterocycles. The van der Waals surface area contributed by atoms with Crippen molar-refractivity contribution in [1.82, 2.24) is 0 Å². The first kappa shape index (κ1) is 22.3. The highest BCUT2D eigenvalue weighted by Gasteiger charge is 2.25. The van der Waals surface area contributed by atoms with Crippen LogP contribution in [0.5, 0.6) is 0 Å². The van der Waals surface area contributed by atoms with Crippen molar-refractivity contribution < 1.29 is 13.2 Å². The topological polar surface area (TPSA) is 63.2 Å². The number of carbonyl (C=O) groups is 1. The lowest BCUT2D eigenvalue weighted by Gasteiger charge is -2.19. The number of sulfone groups is 1. The van der Waals surface area contributed by atoms with E-state index in [1.54, 1.807) is 12.1 Å². The fourth-order valence-corrected chi connectivity index (χ4v) is 7.23. The van der Waals surface area contributed by atoms with Crippen LogP contribution in [-0.2, 0) is 20.4 Å². The summed E-state index contributed by atoms with van der Waals surface area (Å²) in [5.74, 6) is -0.345. The second kappa shape index (κ2) is 8.94. The molecule has 1 N–H and O–H groups in total. The fourth-order valence-electron chi connectivity index (χ4n) is 3.09. The van der Waals surface area contributed by atoms with Gasteiger partial charge in [0.15, 0.2) is 9.84 Å². The first-order valence-corrected chi connectivity index (χ1v) is 13.4. The smallest absolute Gasteiger partial charge is 0.262 e. The summed E-state index contributed by atoms with van der Waals surface area (Å²) in [5.41, 5.74) is 3.33. The molecule has 0 fully saturated rings. The number of thioether (sulfide) groups is 1. The van der Waals surface area contributed by atoms with Crippen LogP contribution in [0.2, 0.25) is 0 Å². The van der Waals surface area contributed by atoms with Crippen LogP contribution < -0.4 is 5.32 Å². The maximum Gasteiger partial charge on any atom is 0.262 e. The van der Waals surface area contributed by atoms with E-state index in [-0.39, 0.29) is 16.6 Å². The van der Waals surface area contributed by atoms with Gasteiger partial charge in [0.2, 0.25) is 0 Å². The van der Waals surface area contributed by atoms with E-state index >= 15 is 0 Å². The van der Waals surface area contributed by atoms with Crippen molar-refractivity contribution in [2.75, 3.05) is 5.32 Å². The number of halogens is 2. The molecule has 0 atom stereocenters. The number of carbonyl (C=O) groups excluding carboxylic acids is 1. The van der Waals surface area contributed by atoms with Gasteiger partial charge in [0.1, 0.15) is 0 Å². The normalized spacial score (nSPS) is 14.9. The lowest BCUT2D eigenvalue weighted by atomic mass is 10.1. The van der Waals surface area contributed by atoms with Crippen LogP contribution in [0.4, 0.5) is 5.69 Å². The highest BCUT2D eigenvalue weighted by atomic mass is 79.9. The van der Waals surface area contributed by atoms with Gasteiger partial charge in [-0.1, -0.05) is 79.5 Å². The number of benzene rings is 3. The minimum Gasteiger partial charge on any atom is -0.320 e. The van der Waals surface area contributed by atoms with Crippen LogP contribution in [-0.4, -0.2) is 14.3 Å². The highest BCUT2D eigenvalue weighted by molar-refractivity contribution is 9.11. The maximum atomic E-state index is 13.1. The zero-order valence-corrected chi connectivity index (χ0v) is 21.2. The lowest BCUT2D eigenvalue weighted by Crippen LogP contribution is -2.17. The van der Waals surface area contributed by atoms with Crippen LogP contribution in [0.25, 0.3) is 6.08 Å². The summed E-state index contributed by atoms with van der Waals surface area (Å²) in [7, 11) is -3.59. The summed E-state index contributed by atoms with van der Waals surface area (Å²) in [6.45, 7) is 2.00. The molecule has 0 bridgehead atoms. The predicted molar refractivity (Wildman–Crippen MR) is 133 cm³/mol. The molecule has 3 aromatic rings. The highest BCUT2D eigenvalue weighted by Crippen LogP contribution is 2.40. The molecule has 0 unspecified atom stereocenters. The molecule has 0 saturated heterocycles. The van der Waals surface area contributed by atoms with Gasteiger partial charge >= 0.3 is 0 Å². The van der Waals surface area contributed by atoms with Gasteiger partial charge in [-0.2, -0.15) is 0 Å². The number of amides is 1. The predicted octanol–water partition coefficient (Wildman–Crippen LogP) is 6.58. The van der Waals surface area contributed by atoms with Crippen molar-refractivity contribution in [3.8, 4) is 0 Å². The molecule has 4 nitrogen and oxygen atoms in total. The second-order valence-electron chi connectivity index (χ2n) is 7.09. The van der Waals surface area contributed by atoms with Crippen LogP contribution in [0.15, 0.2) is 84.3 Å². The van der Waals surface area contributed by atoms with Gasteiger partial charge in [-0.3, -0.25) is 4.79 Å². The monoisotopic (exact) mass is 577 g/mol. The Morgan fingerprint density at radius 3 is 2.35 bits per heavy atom. The number of hydrogen-bond donors (Lipinski definition) is 1. The van der Waals surface area contributed by atoms with Crippen molar-refractivity contribution in [2.45, 2.75) is 22.5 Å². The Morgan fingerprint density at radius 1 is 1.00 bits per heavy atom. The van der Waals surface area contributed by atoms with Gasteiger partial charge in [-0.15, -0.1) is 0 Å². The zero-order chi connectivity index (χ0) is 22.2. The summed E-state index contributed by atoms with van der Waals surface area (Å²) in [6.07, 6.45) is 1.81. The third-order valence-corrected chi connectivity index (χ3v) is 8.98. The lowest BCUT2D eigenvalue weighted by molar-refractivity contribution is -0.112. The molecule has 31 heavy (non-hydrogen) atoms. The molecule has 3 aromatic carbocycles. The average molecular weight is 579 g/mol. The number of nitrogens with one attached hydrogen (secondary N) is 1. The van der Waals surface area contributed by atoms with Crippen LogP contribution in [0, 0.1) is 6.92 Å². The SMILES string of the molecule is Cc1ccc(/C=C2\Sc3cc(S(=O)(=O)Cc4c(Br)cccc4Br)ccc3NC2=O)cc1. The molecule has 1 amide bonds. The molecule has 0 saturated carbocycles.